The molecule has 0 aromatic rings. The molecule has 4 nitrogen and oxygen atoms in total. The first kappa shape index (κ1) is 17.0. The molecule has 1 saturated carbocycles. The molecular weight excluding hydrogens is 252 g/mol. The fraction of sp³-hybridized carbons (Fsp3) is 0.875. The Hall–Kier alpha value is -1.06. The molecule has 3 N–H and O–H groups in total. The molecule has 0 bridgehead atoms. The summed E-state index contributed by atoms with van der Waals surface area (Å²) in [5.41, 5.74) is 5.08. The molecule has 20 heavy (non-hydrogen) atoms. The Morgan fingerprint density at radius 3 is 2.25 bits per heavy atom. The molecule has 0 aromatic carbocycles. The van der Waals surface area contributed by atoms with Gasteiger partial charge in [0.1, 0.15) is 0 Å². The topological polar surface area (TPSA) is 72.2 Å². The smallest absolute Gasteiger partial charge is 0.223 e. The molecule has 116 valence electrons. The third-order valence-electron chi connectivity index (χ3n) is 4.29. The summed E-state index contributed by atoms with van der Waals surface area (Å²) in [6.45, 7) is 3.06. The molecule has 0 aliphatic heterocycles. The summed E-state index contributed by atoms with van der Waals surface area (Å²) in [7, 11) is 0. The zero-order chi connectivity index (χ0) is 14.8. The van der Waals surface area contributed by atoms with Gasteiger partial charge in [0.15, 0.2) is 0 Å². The second-order valence-corrected chi connectivity index (χ2v) is 6.23. The third kappa shape index (κ3) is 7.51. The number of nitrogens with one attached hydrogen (secondary N) is 1. The van der Waals surface area contributed by atoms with E-state index in [9.17, 15) is 9.59 Å². The highest BCUT2D eigenvalue weighted by molar-refractivity contribution is 5.78. The van der Waals surface area contributed by atoms with Crippen molar-refractivity contribution in [2.24, 2.45) is 17.6 Å². The van der Waals surface area contributed by atoms with Crippen LogP contribution in [0.15, 0.2) is 0 Å². The van der Waals surface area contributed by atoms with Gasteiger partial charge in [0.05, 0.1) is 0 Å². The average Bonchev–Trinajstić information content (AvgIpc) is 2.42. The van der Waals surface area contributed by atoms with Crippen molar-refractivity contribution in [1.82, 2.24) is 5.32 Å². The number of amides is 2. The molecule has 1 fully saturated rings. The normalized spacial score (nSPS) is 22.4. The van der Waals surface area contributed by atoms with Crippen molar-refractivity contribution in [1.29, 1.82) is 0 Å². The third-order valence-corrected chi connectivity index (χ3v) is 4.29. The van der Waals surface area contributed by atoms with E-state index in [0.717, 1.165) is 57.4 Å². The summed E-state index contributed by atoms with van der Waals surface area (Å²) in [4.78, 5) is 22.5. The molecule has 1 aliphatic rings. The number of rotatable bonds is 9. The van der Waals surface area contributed by atoms with Crippen LogP contribution in [0.5, 0.6) is 0 Å². The van der Waals surface area contributed by atoms with Gasteiger partial charge in [0.2, 0.25) is 11.8 Å². The minimum atomic E-state index is -0.209. The summed E-state index contributed by atoms with van der Waals surface area (Å²) in [6.07, 6.45) is 10.2. The van der Waals surface area contributed by atoms with Crippen LogP contribution >= 0.6 is 0 Å². The Morgan fingerprint density at radius 2 is 1.60 bits per heavy atom. The second kappa shape index (κ2) is 9.78. The lowest BCUT2D eigenvalue weighted by molar-refractivity contribution is -0.126. The number of hydrogen-bond donors (Lipinski definition) is 2. The van der Waals surface area contributed by atoms with Gasteiger partial charge in [-0.2, -0.15) is 0 Å². The molecule has 1 aliphatic carbocycles. The summed E-state index contributed by atoms with van der Waals surface area (Å²) < 4.78 is 0. The highest BCUT2D eigenvalue weighted by atomic mass is 16.2. The number of nitrogens with two attached hydrogens (primary N) is 1. The van der Waals surface area contributed by atoms with E-state index in [2.05, 4.69) is 12.2 Å². The van der Waals surface area contributed by atoms with Crippen molar-refractivity contribution in [3.63, 3.8) is 0 Å². The molecule has 0 heterocycles. The van der Waals surface area contributed by atoms with Gasteiger partial charge < -0.3 is 11.1 Å². The number of unbranched alkanes of at least 4 members (excludes halogenated alkanes) is 4. The maximum atomic E-state index is 12.0. The fourth-order valence-electron chi connectivity index (χ4n) is 2.83. The molecule has 0 saturated heterocycles. The van der Waals surface area contributed by atoms with Gasteiger partial charge in [0.25, 0.3) is 0 Å². The van der Waals surface area contributed by atoms with Crippen molar-refractivity contribution in [2.75, 3.05) is 6.54 Å². The van der Waals surface area contributed by atoms with E-state index in [4.69, 9.17) is 5.73 Å². The van der Waals surface area contributed by atoms with E-state index in [1.807, 2.05) is 0 Å². The van der Waals surface area contributed by atoms with Gasteiger partial charge in [-0.05, 0) is 44.4 Å². The molecule has 0 aromatic heterocycles. The molecule has 1 rings (SSSR count). The maximum absolute atomic E-state index is 12.0. The first-order valence-corrected chi connectivity index (χ1v) is 8.15. The average molecular weight is 282 g/mol. The van der Waals surface area contributed by atoms with Gasteiger partial charge in [-0.1, -0.05) is 26.2 Å². The Kier molecular flexibility index (Phi) is 8.31. The van der Waals surface area contributed by atoms with Crippen LogP contribution in [0.2, 0.25) is 0 Å². The Labute approximate surface area is 122 Å². The largest absolute Gasteiger partial charge is 0.370 e. The van der Waals surface area contributed by atoms with E-state index < -0.39 is 0 Å². The highest BCUT2D eigenvalue weighted by Crippen LogP contribution is 2.28. The van der Waals surface area contributed by atoms with Crippen LogP contribution < -0.4 is 11.1 Å². The van der Waals surface area contributed by atoms with Crippen molar-refractivity contribution < 1.29 is 9.59 Å². The van der Waals surface area contributed by atoms with E-state index in [-0.39, 0.29) is 17.7 Å². The van der Waals surface area contributed by atoms with Crippen LogP contribution in [0, 0.1) is 11.8 Å². The lowest BCUT2D eigenvalue weighted by Gasteiger charge is -2.25. The molecule has 2 amide bonds. The van der Waals surface area contributed by atoms with Crippen molar-refractivity contribution in [3.05, 3.63) is 0 Å². The van der Waals surface area contributed by atoms with Crippen LogP contribution in [0.4, 0.5) is 0 Å². The fourth-order valence-corrected chi connectivity index (χ4v) is 2.83. The van der Waals surface area contributed by atoms with Crippen molar-refractivity contribution >= 4 is 11.8 Å². The van der Waals surface area contributed by atoms with Crippen LogP contribution in [-0.2, 0) is 9.59 Å². The maximum Gasteiger partial charge on any atom is 0.223 e. The standard InChI is InChI=1S/C16H30N2O2/c1-13-8-10-14(11-9-13)16(20)18-12-6-4-2-3-5-7-15(17)19/h13-14H,2-12H2,1H3,(H2,17,19)(H,18,20). The second-order valence-electron chi connectivity index (χ2n) is 6.23. The Bertz CT molecular complexity index is 297. The minimum absolute atomic E-state index is 0.209. The van der Waals surface area contributed by atoms with Crippen molar-refractivity contribution in [2.45, 2.75) is 71.1 Å². The van der Waals surface area contributed by atoms with Gasteiger partial charge in [-0.15, -0.1) is 0 Å². The van der Waals surface area contributed by atoms with Gasteiger partial charge >= 0.3 is 0 Å². The number of hydrogen-bond acceptors (Lipinski definition) is 2. The predicted molar refractivity (Wildman–Crippen MR) is 81.0 cm³/mol. The molecule has 0 unspecified atom stereocenters. The zero-order valence-electron chi connectivity index (χ0n) is 12.8. The first-order valence-electron chi connectivity index (χ1n) is 8.15. The SMILES string of the molecule is CC1CCC(C(=O)NCCCCCCCC(N)=O)CC1. The number of carbonyl (C=O) groups excluding carboxylic acids is 2. The predicted octanol–water partition coefficient (Wildman–Crippen LogP) is 2.75. The summed E-state index contributed by atoms with van der Waals surface area (Å²) in [6, 6.07) is 0. The summed E-state index contributed by atoms with van der Waals surface area (Å²) >= 11 is 0. The highest BCUT2D eigenvalue weighted by Gasteiger charge is 2.23. The first-order chi connectivity index (χ1) is 9.59. The Morgan fingerprint density at radius 1 is 1.00 bits per heavy atom. The zero-order valence-corrected chi connectivity index (χ0v) is 12.8. The van der Waals surface area contributed by atoms with Crippen LogP contribution in [0.3, 0.4) is 0 Å². The van der Waals surface area contributed by atoms with E-state index >= 15 is 0 Å². The number of carbonyl (C=O) groups is 2. The van der Waals surface area contributed by atoms with E-state index in [1.165, 1.54) is 12.8 Å². The Balaban J connectivity index is 1.93. The molecular formula is C16H30N2O2. The number of primary amides is 1. The molecule has 0 radical (unpaired) electrons. The molecule has 4 heteroatoms. The summed E-state index contributed by atoms with van der Waals surface area (Å²) in [5.74, 6) is 1.09. The summed E-state index contributed by atoms with van der Waals surface area (Å²) in [5, 5.41) is 3.06. The van der Waals surface area contributed by atoms with Crippen LogP contribution in [0.1, 0.15) is 71.1 Å². The minimum Gasteiger partial charge on any atom is -0.370 e. The lowest BCUT2D eigenvalue weighted by Crippen LogP contribution is -2.33. The van der Waals surface area contributed by atoms with E-state index in [0.29, 0.717) is 6.42 Å². The van der Waals surface area contributed by atoms with Crippen molar-refractivity contribution in [3.8, 4) is 0 Å². The van der Waals surface area contributed by atoms with Crippen LogP contribution in [-0.4, -0.2) is 18.4 Å². The van der Waals surface area contributed by atoms with Gasteiger partial charge in [0, 0.05) is 18.9 Å². The monoisotopic (exact) mass is 282 g/mol. The van der Waals surface area contributed by atoms with Gasteiger partial charge in [-0.3, -0.25) is 9.59 Å². The van der Waals surface area contributed by atoms with E-state index in [1.54, 1.807) is 0 Å². The van der Waals surface area contributed by atoms with Crippen LogP contribution in [0.25, 0.3) is 0 Å². The lowest BCUT2D eigenvalue weighted by atomic mass is 9.82. The quantitative estimate of drug-likeness (QED) is 0.638. The van der Waals surface area contributed by atoms with Gasteiger partial charge in [-0.25, -0.2) is 0 Å². The molecule has 0 atom stereocenters. The molecule has 0 spiro atoms.